The Kier molecular flexibility index (Phi) is 1.80. The van der Waals surface area contributed by atoms with Crippen LogP contribution in [0, 0.1) is 11.5 Å². The third-order valence-corrected chi connectivity index (χ3v) is 1.90. The summed E-state index contributed by atoms with van der Waals surface area (Å²) in [6.07, 6.45) is 10.5. The molecule has 1 radical (unpaired) electrons. The van der Waals surface area contributed by atoms with Gasteiger partial charge in [-0.3, -0.25) is 0 Å². The van der Waals surface area contributed by atoms with E-state index in [2.05, 4.69) is 38.7 Å². The monoisotopic (exact) mass is 133 g/mol. The largest absolute Gasteiger partial charge is 0.102 e. The van der Waals surface area contributed by atoms with Crippen molar-refractivity contribution in [3.63, 3.8) is 0 Å². The summed E-state index contributed by atoms with van der Waals surface area (Å²) in [7, 11) is 0. The van der Waals surface area contributed by atoms with Crippen LogP contribution in [-0.4, -0.2) is 0 Å². The van der Waals surface area contributed by atoms with Crippen LogP contribution in [0.25, 0.3) is 0 Å². The SMILES string of the molecule is C=CC(C)(C)C1=[C]CC=C1. The summed E-state index contributed by atoms with van der Waals surface area (Å²) in [6, 6.07) is 0. The molecule has 1 rings (SSSR count). The molecule has 0 amide bonds. The van der Waals surface area contributed by atoms with Crippen LogP contribution < -0.4 is 0 Å². The molecule has 0 atom stereocenters. The van der Waals surface area contributed by atoms with Gasteiger partial charge in [-0.05, 0) is 18.1 Å². The summed E-state index contributed by atoms with van der Waals surface area (Å²) in [4.78, 5) is 0. The van der Waals surface area contributed by atoms with Crippen molar-refractivity contribution in [3.05, 3.63) is 36.5 Å². The van der Waals surface area contributed by atoms with Crippen LogP contribution in [0.5, 0.6) is 0 Å². The Balaban J connectivity index is 2.82. The van der Waals surface area contributed by atoms with Crippen molar-refractivity contribution >= 4 is 0 Å². The first-order valence-corrected chi connectivity index (χ1v) is 3.58. The molecule has 0 aromatic rings. The predicted molar refractivity (Wildman–Crippen MR) is 44.5 cm³/mol. The van der Waals surface area contributed by atoms with Crippen molar-refractivity contribution in [1.29, 1.82) is 0 Å². The van der Waals surface area contributed by atoms with E-state index >= 15 is 0 Å². The molecule has 0 saturated heterocycles. The van der Waals surface area contributed by atoms with Gasteiger partial charge in [0.15, 0.2) is 0 Å². The smallest absolute Gasteiger partial charge is 0.00755 e. The first-order chi connectivity index (χ1) is 4.67. The third-order valence-electron chi connectivity index (χ3n) is 1.90. The van der Waals surface area contributed by atoms with Gasteiger partial charge in [0, 0.05) is 5.41 Å². The molecule has 1 aliphatic rings. The van der Waals surface area contributed by atoms with E-state index < -0.39 is 0 Å². The minimum atomic E-state index is 0.104. The maximum absolute atomic E-state index is 3.78. The lowest BCUT2D eigenvalue weighted by molar-refractivity contribution is 0.595. The minimum Gasteiger partial charge on any atom is -0.102 e. The fourth-order valence-corrected chi connectivity index (χ4v) is 0.957. The number of hydrogen-bond acceptors (Lipinski definition) is 0. The topological polar surface area (TPSA) is 0 Å². The van der Waals surface area contributed by atoms with Gasteiger partial charge < -0.3 is 0 Å². The van der Waals surface area contributed by atoms with Crippen molar-refractivity contribution in [2.24, 2.45) is 5.41 Å². The van der Waals surface area contributed by atoms with Gasteiger partial charge in [0.2, 0.25) is 0 Å². The Labute approximate surface area is 62.9 Å². The first kappa shape index (κ1) is 7.33. The van der Waals surface area contributed by atoms with Crippen LogP contribution in [0.2, 0.25) is 0 Å². The molecule has 0 N–H and O–H groups in total. The van der Waals surface area contributed by atoms with Crippen LogP contribution in [0.3, 0.4) is 0 Å². The van der Waals surface area contributed by atoms with E-state index in [1.165, 1.54) is 5.57 Å². The van der Waals surface area contributed by atoms with Gasteiger partial charge in [0.05, 0.1) is 0 Å². The second-order valence-corrected chi connectivity index (χ2v) is 3.12. The highest BCUT2D eigenvalue weighted by molar-refractivity contribution is 5.31. The Bertz CT molecular complexity index is 192. The van der Waals surface area contributed by atoms with Crippen molar-refractivity contribution in [1.82, 2.24) is 0 Å². The van der Waals surface area contributed by atoms with Crippen LogP contribution in [0.15, 0.2) is 30.4 Å². The lowest BCUT2D eigenvalue weighted by atomic mass is 9.85. The fourth-order valence-electron chi connectivity index (χ4n) is 0.957. The van der Waals surface area contributed by atoms with Gasteiger partial charge in [0.1, 0.15) is 0 Å². The Morgan fingerprint density at radius 1 is 1.70 bits per heavy atom. The quantitative estimate of drug-likeness (QED) is 0.508. The molecule has 10 heavy (non-hydrogen) atoms. The van der Waals surface area contributed by atoms with Gasteiger partial charge in [-0.25, -0.2) is 0 Å². The molecule has 0 aromatic heterocycles. The number of rotatable bonds is 2. The average molecular weight is 133 g/mol. The second-order valence-electron chi connectivity index (χ2n) is 3.12. The molecule has 0 unspecified atom stereocenters. The lowest BCUT2D eigenvalue weighted by Crippen LogP contribution is -2.07. The Hall–Kier alpha value is -0.780. The molecule has 0 heteroatoms. The zero-order valence-corrected chi connectivity index (χ0v) is 6.65. The van der Waals surface area contributed by atoms with Crippen molar-refractivity contribution in [2.45, 2.75) is 20.3 Å². The highest BCUT2D eigenvalue weighted by Crippen LogP contribution is 2.30. The van der Waals surface area contributed by atoms with Crippen LogP contribution in [0.1, 0.15) is 20.3 Å². The summed E-state index contributed by atoms with van der Waals surface area (Å²) in [5, 5.41) is 0. The van der Waals surface area contributed by atoms with Gasteiger partial charge >= 0.3 is 0 Å². The molecular weight excluding hydrogens is 120 g/mol. The van der Waals surface area contributed by atoms with E-state index in [1.807, 2.05) is 6.08 Å². The Morgan fingerprint density at radius 2 is 2.40 bits per heavy atom. The van der Waals surface area contributed by atoms with Crippen molar-refractivity contribution in [2.75, 3.05) is 0 Å². The molecule has 0 aliphatic heterocycles. The molecule has 53 valence electrons. The Morgan fingerprint density at radius 3 is 2.80 bits per heavy atom. The zero-order chi connectivity index (χ0) is 7.61. The predicted octanol–water partition coefficient (Wildman–Crippen LogP) is 2.89. The molecule has 0 aromatic carbocycles. The molecule has 0 heterocycles. The molecule has 0 bridgehead atoms. The first-order valence-electron chi connectivity index (χ1n) is 3.58. The van der Waals surface area contributed by atoms with E-state index in [0.717, 1.165) is 6.42 Å². The van der Waals surface area contributed by atoms with Crippen LogP contribution >= 0.6 is 0 Å². The van der Waals surface area contributed by atoms with Gasteiger partial charge in [0.25, 0.3) is 0 Å². The van der Waals surface area contributed by atoms with Crippen LogP contribution in [0.4, 0.5) is 0 Å². The van der Waals surface area contributed by atoms with E-state index in [4.69, 9.17) is 0 Å². The maximum atomic E-state index is 3.78. The summed E-state index contributed by atoms with van der Waals surface area (Å²) in [6.45, 7) is 8.08. The summed E-state index contributed by atoms with van der Waals surface area (Å²) in [5.74, 6) is 0. The normalized spacial score (nSPS) is 17.2. The zero-order valence-electron chi connectivity index (χ0n) is 6.65. The second kappa shape index (κ2) is 2.45. The van der Waals surface area contributed by atoms with E-state index in [9.17, 15) is 0 Å². The van der Waals surface area contributed by atoms with Crippen molar-refractivity contribution < 1.29 is 0 Å². The van der Waals surface area contributed by atoms with E-state index in [-0.39, 0.29) is 5.41 Å². The molecular formula is C10H13. The molecule has 1 aliphatic carbocycles. The number of hydrogen-bond donors (Lipinski definition) is 0. The standard InChI is InChI=1S/C10H13/c1-4-10(2,3)9-7-5-6-8-9/h4-5,7H,1,6H2,2-3H3. The number of allylic oxidation sites excluding steroid dienone is 5. The minimum absolute atomic E-state index is 0.104. The van der Waals surface area contributed by atoms with Crippen LogP contribution in [-0.2, 0) is 0 Å². The van der Waals surface area contributed by atoms with Gasteiger partial charge in [-0.1, -0.05) is 32.1 Å². The van der Waals surface area contributed by atoms with E-state index in [1.54, 1.807) is 0 Å². The molecule has 0 nitrogen and oxygen atoms in total. The summed E-state index contributed by atoms with van der Waals surface area (Å²) < 4.78 is 0. The van der Waals surface area contributed by atoms with E-state index in [0.29, 0.717) is 0 Å². The lowest BCUT2D eigenvalue weighted by Gasteiger charge is -2.19. The molecule has 0 spiro atoms. The third kappa shape index (κ3) is 1.21. The summed E-state index contributed by atoms with van der Waals surface area (Å²) >= 11 is 0. The molecule has 0 fully saturated rings. The highest BCUT2D eigenvalue weighted by atomic mass is 14.2. The average Bonchev–Trinajstić information content (AvgIpc) is 2.38. The molecule has 0 saturated carbocycles. The maximum Gasteiger partial charge on any atom is 0.00755 e. The van der Waals surface area contributed by atoms with Gasteiger partial charge in [-0.15, -0.1) is 6.58 Å². The summed E-state index contributed by atoms with van der Waals surface area (Å²) in [5.41, 5.74) is 1.37. The van der Waals surface area contributed by atoms with Gasteiger partial charge in [-0.2, -0.15) is 0 Å². The fraction of sp³-hybridized carbons (Fsp3) is 0.400. The highest BCUT2D eigenvalue weighted by Gasteiger charge is 2.18. The van der Waals surface area contributed by atoms with Crippen molar-refractivity contribution in [3.8, 4) is 0 Å².